The van der Waals surface area contributed by atoms with Gasteiger partial charge in [-0.3, -0.25) is 9.97 Å². The van der Waals surface area contributed by atoms with Gasteiger partial charge < -0.3 is 4.74 Å². The molecule has 1 aliphatic rings. The second kappa shape index (κ2) is 3.77. The molecule has 0 aliphatic carbocycles. The van der Waals surface area contributed by atoms with Crippen molar-refractivity contribution in [1.82, 2.24) is 9.97 Å². The van der Waals surface area contributed by atoms with E-state index >= 15 is 0 Å². The summed E-state index contributed by atoms with van der Waals surface area (Å²) in [7, 11) is 0. The van der Waals surface area contributed by atoms with Crippen LogP contribution in [0.15, 0.2) is 49.1 Å². The highest BCUT2D eigenvalue weighted by Gasteiger charge is 2.13. The smallest absolute Gasteiger partial charge is 0.130 e. The highest BCUT2D eigenvalue weighted by molar-refractivity contribution is 5.66. The minimum absolute atomic E-state index is 0.842. The number of ether oxygens (including phenoxy) is 1. The van der Waals surface area contributed by atoms with Gasteiger partial charge in [0, 0.05) is 24.4 Å². The summed E-state index contributed by atoms with van der Waals surface area (Å²) in [5, 5.41) is 0. The summed E-state index contributed by atoms with van der Waals surface area (Å²) in [5.74, 6) is 0.926. The van der Waals surface area contributed by atoms with Crippen LogP contribution in [0.1, 0.15) is 11.3 Å². The Bertz CT molecular complexity index is 535. The molecule has 1 aliphatic heterocycles. The van der Waals surface area contributed by atoms with Crippen LogP contribution in [0.25, 0.3) is 5.57 Å². The Morgan fingerprint density at radius 3 is 2.94 bits per heavy atom. The quantitative estimate of drug-likeness (QED) is 0.725. The fraction of sp³-hybridized carbons (Fsp3) is 0.0769. The second-order valence-electron chi connectivity index (χ2n) is 3.64. The molecule has 0 radical (unpaired) electrons. The molecule has 3 heteroatoms. The number of nitrogens with zero attached hydrogens (tertiary/aromatic N) is 2. The van der Waals surface area contributed by atoms with Crippen molar-refractivity contribution in [2.75, 3.05) is 0 Å². The number of fused-ring (bicyclic) bond motifs is 1. The summed E-state index contributed by atoms with van der Waals surface area (Å²) < 4.78 is 5.56. The lowest BCUT2D eigenvalue weighted by molar-refractivity contribution is 0.468. The zero-order valence-electron chi connectivity index (χ0n) is 8.63. The van der Waals surface area contributed by atoms with Crippen molar-refractivity contribution < 1.29 is 4.74 Å². The fourth-order valence-corrected chi connectivity index (χ4v) is 1.76. The molecule has 3 rings (SSSR count). The largest absolute Gasteiger partial charge is 0.464 e. The van der Waals surface area contributed by atoms with Crippen molar-refractivity contribution in [2.24, 2.45) is 0 Å². The van der Waals surface area contributed by atoms with Gasteiger partial charge in [0.2, 0.25) is 0 Å². The average Bonchev–Trinajstić information content (AvgIpc) is 2.39. The monoisotopic (exact) mass is 210 g/mol. The van der Waals surface area contributed by atoms with Crippen LogP contribution < -0.4 is 4.74 Å². The molecule has 0 bridgehead atoms. The van der Waals surface area contributed by atoms with Gasteiger partial charge >= 0.3 is 0 Å². The lowest BCUT2D eigenvalue weighted by Gasteiger charge is -2.16. The highest BCUT2D eigenvalue weighted by Crippen LogP contribution is 2.29. The van der Waals surface area contributed by atoms with Crippen molar-refractivity contribution in [3.8, 4) is 5.75 Å². The normalized spacial score (nSPS) is 13.6. The van der Waals surface area contributed by atoms with Gasteiger partial charge in [0.1, 0.15) is 5.75 Å². The van der Waals surface area contributed by atoms with E-state index < -0.39 is 0 Å². The third kappa shape index (κ3) is 1.56. The number of allylic oxidation sites excluding steroid dienone is 1. The predicted molar refractivity (Wildman–Crippen MR) is 60.8 cm³/mol. The maximum atomic E-state index is 5.56. The minimum atomic E-state index is 0.842. The van der Waals surface area contributed by atoms with Crippen molar-refractivity contribution in [2.45, 2.75) is 6.42 Å². The maximum Gasteiger partial charge on any atom is 0.130 e. The number of hydrogen-bond donors (Lipinski definition) is 0. The van der Waals surface area contributed by atoms with Gasteiger partial charge in [0.25, 0.3) is 0 Å². The highest BCUT2D eigenvalue weighted by atomic mass is 16.5. The van der Waals surface area contributed by atoms with Crippen LogP contribution in [0.2, 0.25) is 0 Å². The van der Waals surface area contributed by atoms with Gasteiger partial charge in [-0.05, 0) is 11.6 Å². The molecule has 16 heavy (non-hydrogen) atoms. The first-order chi connectivity index (χ1) is 7.93. The molecular weight excluding hydrogens is 200 g/mol. The molecule has 0 fully saturated rings. The first-order valence-electron chi connectivity index (χ1n) is 5.13. The van der Waals surface area contributed by atoms with Crippen LogP contribution in [-0.2, 0) is 6.42 Å². The molecule has 2 aromatic rings. The lowest BCUT2D eigenvalue weighted by Crippen LogP contribution is -2.03. The van der Waals surface area contributed by atoms with Gasteiger partial charge in [0.05, 0.1) is 18.2 Å². The summed E-state index contributed by atoms with van der Waals surface area (Å²) in [4.78, 5) is 8.32. The Hall–Kier alpha value is -2.16. The Kier molecular flexibility index (Phi) is 2.14. The van der Waals surface area contributed by atoms with Crippen LogP contribution in [0, 0.1) is 0 Å². The standard InChI is InChI=1S/C13H10N2O/c1-2-4-13-10(3-1)7-11(9-16-13)12-8-14-5-6-15-12/h1-6,8-9H,7H2. The molecule has 1 aromatic heterocycles. The fourth-order valence-electron chi connectivity index (χ4n) is 1.76. The first kappa shape index (κ1) is 9.09. The predicted octanol–water partition coefficient (Wildman–Crippen LogP) is 2.45. The number of aromatic nitrogens is 2. The van der Waals surface area contributed by atoms with Crippen LogP contribution in [0.4, 0.5) is 0 Å². The summed E-state index contributed by atoms with van der Waals surface area (Å²) in [5.41, 5.74) is 3.12. The zero-order valence-corrected chi connectivity index (χ0v) is 8.63. The van der Waals surface area contributed by atoms with E-state index in [9.17, 15) is 0 Å². The summed E-state index contributed by atoms with van der Waals surface area (Å²) in [6, 6.07) is 8.03. The molecule has 0 N–H and O–H groups in total. The second-order valence-corrected chi connectivity index (χ2v) is 3.64. The molecular formula is C13H10N2O. The van der Waals surface area contributed by atoms with E-state index in [4.69, 9.17) is 4.74 Å². The van der Waals surface area contributed by atoms with Crippen LogP contribution in [0.5, 0.6) is 5.75 Å². The van der Waals surface area contributed by atoms with Crippen molar-refractivity contribution in [3.63, 3.8) is 0 Å². The Balaban J connectivity index is 1.95. The first-order valence-corrected chi connectivity index (χ1v) is 5.13. The third-order valence-corrected chi connectivity index (χ3v) is 2.57. The van der Waals surface area contributed by atoms with Crippen LogP contribution >= 0.6 is 0 Å². The molecule has 2 heterocycles. The topological polar surface area (TPSA) is 35.0 Å². The number of benzene rings is 1. The van der Waals surface area contributed by atoms with Crippen LogP contribution in [0.3, 0.4) is 0 Å². The summed E-state index contributed by atoms with van der Waals surface area (Å²) in [6.45, 7) is 0. The van der Waals surface area contributed by atoms with Crippen molar-refractivity contribution >= 4 is 5.57 Å². The van der Waals surface area contributed by atoms with Gasteiger partial charge in [0.15, 0.2) is 0 Å². The molecule has 78 valence electrons. The van der Waals surface area contributed by atoms with E-state index in [-0.39, 0.29) is 0 Å². The number of para-hydroxylation sites is 1. The van der Waals surface area contributed by atoms with Crippen molar-refractivity contribution in [3.05, 3.63) is 60.4 Å². The Morgan fingerprint density at radius 2 is 2.06 bits per heavy atom. The van der Waals surface area contributed by atoms with Crippen molar-refractivity contribution in [1.29, 1.82) is 0 Å². The Labute approximate surface area is 93.4 Å². The number of hydrogen-bond acceptors (Lipinski definition) is 3. The maximum absolute atomic E-state index is 5.56. The zero-order chi connectivity index (χ0) is 10.8. The van der Waals surface area contributed by atoms with Crippen LogP contribution in [-0.4, -0.2) is 9.97 Å². The van der Waals surface area contributed by atoms with Gasteiger partial charge in [-0.2, -0.15) is 0 Å². The third-order valence-electron chi connectivity index (χ3n) is 2.57. The van der Waals surface area contributed by atoms with E-state index in [1.54, 1.807) is 24.9 Å². The molecule has 0 unspecified atom stereocenters. The SMILES string of the molecule is C1=C(c2cnccn2)Cc2ccccc2O1. The average molecular weight is 210 g/mol. The van der Waals surface area contributed by atoms with E-state index in [1.165, 1.54) is 5.56 Å². The number of rotatable bonds is 1. The molecule has 0 saturated heterocycles. The summed E-state index contributed by atoms with van der Waals surface area (Å²) >= 11 is 0. The summed E-state index contributed by atoms with van der Waals surface area (Å²) in [6.07, 6.45) is 7.71. The minimum Gasteiger partial charge on any atom is -0.464 e. The van der Waals surface area contributed by atoms with E-state index in [1.807, 2.05) is 18.2 Å². The molecule has 0 spiro atoms. The molecule has 3 nitrogen and oxygen atoms in total. The molecule has 0 amide bonds. The van der Waals surface area contributed by atoms with E-state index in [0.29, 0.717) is 0 Å². The van der Waals surface area contributed by atoms with E-state index in [2.05, 4.69) is 16.0 Å². The molecule has 0 saturated carbocycles. The van der Waals surface area contributed by atoms with E-state index in [0.717, 1.165) is 23.4 Å². The Morgan fingerprint density at radius 1 is 1.12 bits per heavy atom. The van der Waals surface area contributed by atoms with Gasteiger partial charge in [-0.15, -0.1) is 0 Å². The lowest BCUT2D eigenvalue weighted by atomic mass is 10.0. The molecule has 0 atom stereocenters. The van der Waals surface area contributed by atoms with Gasteiger partial charge in [-0.25, -0.2) is 0 Å². The van der Waals surface area contributed by atoms with Gasteiger partial charge in [-0.1, -0.05) is 18.2 Å². The molecule has 1 aromatic carbocycles.